The van der Waals surface area contributed by atoms with Crippen LogP contribution in [0, 0.1) is 0 Å². The number of halogens is 1. The molecule has 0 bridgehead atoms. The summed E-state index contributed by atoms with van der Waals surface area (Å²) >= 11 is 7.96. The summed E-state index contributed by atoms with van der Waals surface area (Å²) in [5, 5.41) is 5.64. The highest BCUT2D eigenvalue weighted by Crippen LogP contribution is 2.36. The van der Waals surface area contributed by atoms with Gasteiger partial charge in [-0.1, -0.05) is 11.6 Å². The van der Waals surface area contributed by atoms with Gasteiger partial charge in [0.1, 0.15) is 0 Å². The molecule has 1 saturated heterocycles. The van der Waals surface area contributed by atoms with Crippen molar-refractivity contribution in [1.29, 1.82) is 0 Å². The Labute approximate surface area is 111 Å². The molecule has 2 atom stereocenters. The number of nitrogens with one attached hydrogen (secondary N) is 1. The number of fused-ring (bicyclic) bond motifs is 1. The molecule has 1 fully saturated rings. The summed E-state index contributed by atoms with van der Waals surface area (Å²) in [5.74, 6) is 0.724. The molecule has 0 radical (unpaired) electrons. The van der Waals surface area contributed by atoms with Gasteiger partial charge in [-0.2, -0.15) is 0 Å². The maximum Gasteiger partial charge on any atom is 0.0412 e. The van der Waals surface area contributed by atoms with Crippen molar-refractivity contribution in [2.24, 2.45) is 0 Å². The minimum Gasteiger partial charge on any atom is -0.314 e. The van der Waals surface area contributed by atoms with Crippen molar-refractivity contribution < 1.29 is 0 Å². The lowest BCUT2D eigenvalue weighted by Crippen LogP contribution is -2.34. The van der Waals surface area contributed by atoms with E-state index in [0.717, 1.165) is 17.5 Å². The van der Waals surface area contributed by atoms with Gasteiger partial charge in [0.2, 0.25) is 0 Å². The summed E-state index contributed by atoms with van der Waals surface area (Å²) in [7, 11) is 0. The number of rotatable bonds is 1. The normalized spacial score (nSPS) is 25.3. The van der Waals surface area contributed by atoms with Crippen LogP contribution in [0.4, 0.5) is 0 Å². The highest BCUT2D eigenvalue weighted by molar-refractivity contribution is 7.19. The zero-order valence-corrected chi connectivity index (χ0v) is 11.4. The SMILES string of the molecule is CC1CC(c2cc3cc(Cl)ccc3s2)CCN1. The van der Waals surface area contributed by atoms with Crippen LogP contribution in [0.1, 0.15) is 30.6 Å². The van der Waals surface area contributed by atoms with Crippen molar-refractivity contribution in [1.82, 2.24) is 5.32 Å². The van der Waals surface area contributed by atoms with Crippen LogP contribution >= 0.6 is 22.9 Å². The molecule has 0 saturated carbocycles. The Hall–Kier alpha value is -0.570. The molecule has 0 amide bonds. The van der Waals surface area contributed by atoms with Gasteiger partial charge in [-0.15, -0.1) is 11.3 Å². The second kappa shape index (κ2) is 4.60. The first kappa shape index (κ1) is 11.5. The van der Waals surface area contributed by atoms with E-state index in [-0.39, 0.29) is 0 Å². The molecule has 1 aliphatic heterocycles. The Kier molecular flexibility index (Phi) is 3.12. The van der Waals surface area contributed by atoms with Gasteiger partial charge in [0.05, 0.1) is 0 Å². The van der Waals surface area contributed by atoms with Gasteiger partial charge in [-0.05, 0) is 61.9 Å². The summed E-state index contributed by atoms with van der Waals surface area (Å²) in [6.07, 6.45) is 2.51. The Morgan fingerprint density at radius 2 is 2.24 bits per heavy atom. The van der Waals surface area contributed by atoms with Crippen molar-refractivity contribution in [3.63, 3.8) is 0 Å². The van der Waals surface area contributed by atoms with Crippen LogP contribution in [0.2, 0.25) is 5.02 Å². The third-order valence-corrected chi connectivity index (χ3v) is 5.04. The molecule has 0 spiro atoms. The summed E-state index contributed by atoms with van der Waals surface area (Å²) in [4.78, 5) is 1.52. The Bertz CT molecular complexity index is 534. The number of hydrogen-bond acceptors (Lipinski definition) is 2. The van der Waals surface area contributed by atoms with Crippen LogP contribution in [0.5, 0.6) is 0 Å². The molecule has 3 heteroatoms. The van der Waals surface area contributed by atoms with Crippen molar-refractivity contribution in [2.45, 2.75) is 31.7 Å². The monoisotopic (exact) mass is 265 g/mol. The number of benzene rings is 1. The van der Waals surface area contributed by atoms with E-state index in [1.165, 1.54) is 27.8 Å². The average Bonchev–Trinajstić information content (AvgIpc) is 2.72. The highest BCUT2D eigenvalue weighted by atomic mass is 35.5. The van der Waals surface area contributed by atoms with Crippen LogP contribution < -0.4 is 5.32 Å². The smallest absolute Gasteiger partial charge is 0.0412 e. The van der Waals surface area contributed by atoms with E-state index in [1.807, 2.05) is 17.4 Å². The molecule has 2 heterocycles. The van der Waals surface area contributed by atoms with E-state index in [2.05, 4.69) is 30.4 Å². The number of hydrogen-bond donors (Lipinski definition) is 1. The topological polar surface area (TPSA) is 12.0 Å². The number of piperidine rings is 1. The maximum absolute atomic E-state index is 6.03. The van der Waals surface area contributed by atoms with Crippen LogP contribution in [0.25, 0.3) is 10.1 Å². The lowest BCUT2D eigenvalue weighted by Gasteiger charge is -2.27. The third-order valence-electron chi connectivity index (χ3n) is 3.52. The second-order valence-electron chi connectivity index (χ2n) is 4.91. The zero-order chi connectivity index (χ0) is 11.8. The molecule has 1 aromatic carbocycles. The molecule has 0 aliphatic carbocycles. The average molecular weight is 266 g/mol. The minimum absolute atomic E-state index is 0.641. The summed E-state index contributed by atoms with van der Waals surface area (Å²) in [5.41, 5.74) is 0. The van der Waals surface area contributed by atoms with Crippen LogP contribution in [0.15, 0.2) is 24.3 Å². The lowest BCUT2D eigenvalue weighted by molar-refractivity contribution is 0.384. The van der Waals surface area contributed by atoms with E-state index in [0.29, 0.717) is 6.04 Å². The Balaban J connectivity index is 1.94. The van der Waals surface area contributed by atoms with Gasteiger partial charge < -0.3 is 5.32 Å². The largest absolute Gasteiger partial charge is 0.314 e. The third kappa shape index (κ3) is 2.35. The van der Waals surface area contributed by atoms with Crippen molar-refractivity contribution in [3.8, 4) is 0 Å². The fourth-order valence-corrected chi connectivity index (χ4v) is 4.00. The Morgan fingerprint density at radius 3 is 3.06 bits per heavy atom. The fourth-order valence-electron chi connectivity index (χ4n) is 2.63. The van der Waals surface area contributed by atoms with E-state index in [4.69, 9.17) is 11.6 Å². The highest BCUT2D eigenvalue weighted by Gasteiger charge is 2.21. The molecule has 17 heavy (non-hydrogen) atoms. The molecule has 1 nitrogen and oxygen atoms in total. The summed E-state index contributed by atoms with van der Waals surface area (Å²) in [6.45, 7) is 3.41. The van der Waals surface area contributed by atoms with Crippen LogP contribution in [-0.4, -0.2) is 12.6 Å². The first-order valence-corrected chi connectivity index (χ1v) is 7.34. The van der Waals surface area contributed by atoms with Gasteiger partial charge in [0.25, 0.3) is 0 Å². The molecule has 2 unspecified atom stereocenters. The van der Waals surface area contributed by atoms with Gasteiger partial charge in [0, 0.05) is 20.6 Å². The quantitative estimate of drug-likeness (QED) is 0.805. The predicted molar refractivity (Wildman–Crippen MR) is 76.3 cm³/mol. The first-order chi connectivity index (χ1) is 8.22. The molecule has 90 valence electrons. The van der Waals surface area contributed by atoms with E-state index >= 15 is 0 Å². The minimum atomic E-state index is 0.641. The fraction of sp³-hybridized carbons (Fsp3) is 0.429. The van der Waals surface area contributed by atoms with Crippen molar-refractivity contribution in [2.75, 3.05) is 6.54 Å². The number of thiophene rings is 1. The van der Waals surface area contributed by atoms with E-state index in [1.54, 1.807) is 0 Å². The molecule has 1 aliphatic rings. The second-order valence-corrected chi connectivity index (χ2v) is 6.46. The molecule has 2 aromatic rings. The molecule has 3 rings (SSSR count). The zero-order valence-electron chi connectivity index (χ0n) is 9.87. The van der Waals surface area contributed by atoms with Crippen LogP contribution in [-0.2, 0) is 0 Å². The van der Waals surface area contributed by atoms with Crippen molar-refractivity contribution in [3.05, 3.63) is 34.2 Å². The van der Waals surface area contributed by atoms with Crippen LogP contribution in [0.3, 0.4) is 0 Å². The molecular weight excluding hydrogens is 250 g/mol. The van der Waals surface area contributed by atoms with Crippen molar-refractivity contribution >= 4 is 33.0 Å². The predicted octanol–water partition coefficient (Wildman–Crippen LogP) is 4.41. The standard InChI is InChI=1S/C14H16ClNS/c1-9-6-10(4-5-16-9)14-8-11-7-12(15)2-3-13(11)17-14/h2-3,7-10,16H,4-6H2,1H3. The Morgan fingerprint density at radius 1 is 1.35 bits per heavy atom. The van der Waals surface area contributed by atoms with E-state index in [9.17, 15) is 0 Å². The van der Waals surface area contributed by atoms with E-state index < -0.39 is 0 Å². The first-order valence-electron chi connectivity index (χ1n) is 6.15. The van der Waals surface area contributed by atoms with Gasteiger partial charge >= 0.3 is 0 Å². The maximum atomic E-state index is 6.03. The lowest BCUT2D eigenvalue weighted by atomic mass is 9.92. The van der Waals surface area contributed by atoms with Gasteiger partial charge in [-0.25, -0.2) is 0 Å². The van der Waals surface area contributed by atoms with Gasteiger partial charge in [-0.3, -0.25) is 0 Å². The molecule has 1 N–H and O–H groups in total. The van der Waals surface area contributed by atoms with Gasteiger partial charge in [0.15, 0.2) is 0 Å². The molecule has 1 aromatic heterocycles. The summed E-state index contributed by atoms with van der Waals surface area (Å²) in [6, 6.07) is 9.16. The molecular formula is C14H16ClNS. The summed E-state index contributed by atoms with van der Waals surface area (Å²) < 4.78 is 1.36.